The van der Waals surface area contributed by atoms with E-state index in [1.165, 1.54) is 0 Å². The van der Waals surface area contributed by atoms with Gasteiger partial charge < -0.3 is 10.8 Å². The van der Waals surface area contributed by atoms with Crippen molar-refractivity contribution in [2.45, 2.75) is 38.3 Å². The summed E-state index contributed by atoms with van der Waals surface area (Å²) < 4.78 is 27.1. The van der Waals surface area contributed by atoms with Gasteiger partial charge in [0.25, 0.3) is 0 Å². The van der Waals surface area contributed by atoms with Gasteiger partial charge in [0, 0.05) is 5.56 Å². The molecule has 2 atom stereocenters. The van der Waals surface area contributed by atoms with Gasteiger partial charge >= 0.3 is 0 Å². The lowest BCUT2D eigenvalue weighted by molar-refractivity contribution is 0.129. The molecule has 0 saturated heterocycles. The van der Waals surface area contributed by atoms with Crippen molar-refractivity contribution in [3.05, 3.63) is 34.4 Å². The van der Waals surface area contributed by atoms with Crippen LogP contribution < -0.4 is 5.73 Å². The zero-order valence-electron chi connectivity index (χ0n) is 10.00. The molecule has 18 heavy (non-hydrogen) atoms. The summed E-state index contributed by atoms with van der Waals surface area (Å²) in [6.07, 6.45) is 1.06. The maximum Gasteiger partial charge on any atom is 0.149 e. The molecule has 0 amide bonds. The molecule has 0 spiro atoms. The zero-order chi connectivity index (χ0) is 13.0. The molecule has 1 rings (SSSR count). The van der Waals surface area contributed by atoms with Gasteiger partial charge in [-0.15, -0.1) is 12.4 Å². The van der Waals surface area contributed by atoms with E-state index in [0.29, 0.717) is 6.42 Å². The maximum absolute atomic E-state index is 13.6. The first-order valence-electron chi connectivity index (χ1n) is 5.56. The number of aliphatic hydroxyl groups excluding tert-OH is 1. The second-order valence-corrected chi connectivity index (χ2v) is 4.40. The van der Waals surface area contributed by atoms with Crippen LogP contribution in [0.4, 0.5) is 8.78 Å². The Morgan fingerprint density at radius 3 is 2.56 bits per heavy atom. The van der Waals surface area contributed by atoms with Crippen LogP contribution in [-0.4, -0.2) is 11.2 Å². The zero-order valence-corrected chi connectivity index (χ0v) is 11.6. The average Bonchev–Trinajstić information content (AvgIpc) is 2.31. The Morgan fingerprint density at radius 2 is 2.00 bits per heavy atom. The SMILES string of the molecule is CCCC[C@H](O)[C@H](N)c1c(F)ccc(Cl)c1F.Cl. The average molecular weight is 300 g/mol. The van der Waals surface area contributed by atoms with Gasteiger partial charge in [-0.1, -0.05) is 31.4 Å². The fraction of sp³-hybridized carbons (Fsp3) is 0.500. The molecular formula is C12H17Cl2F2NO. The van der Waals surface area contributed by atoms with Gasteiger partial charge in [0.2, 0.25) is 0 Å². The minimum Gasteiger partial charge on any atom is -0.391 e. The second-order valence-electron chi connectivity index (χ2n) is 3.99. The lowest BCUT2D eigenvalue weighted by Crippen LogP contribution is -2.28. The molecule has 0 unspecified atom stereocenters. The van der Waals surface area contributed by atoms with E-state index in [1.807, 2.05) is 6.92 Å². The highest BCUT2D eigenvalue weighted by Gasteiger charge is 2.24. The molecule has 6 heteroatoms. The Hall–Kier alpha value is -0.420. The van der Waals surface area contributed by atoms with E-state index in [9.17, 15) is 13.9 Å². The number of unbranched alkanes of at least 4 members (excludes halogenated alkanes) is 1. The second kappa shape index (κ2) is 7.89. The van der Waals surface area contributed by atoms with Crippen molar-refractivity contribution in [3.8, 4) is 0 Å². The van der Waals surface area contributed by atoms with Crippen molar-refractivity contribution in [2.75, 3.05) is 0 Å². The van der Waals surface area contributed by atoms with E-state index in [-0.39, 0.29) is 23.0 Å². The number of hydrogen-bond donors (Lipinski definition) is 2. The van der Waals surface area contributed by atoms with E-state index < -0.39 is 23.8 Å². The van der Waals surface area contributed by atoms with E-state index in [2.05, 4.69) is 0 Å². The van der Waals surface area contributed by atoms with E-state index in [0.717, 1.165) is 25.0 Å². The smallest absolute Gasteiger partial charge is 0.149 e. The molecule has 1 aromatic rings. The monoisotopic (exact) mass is 299 g/mol. The van der Waals surface area contributed by atoms with Crippen LogP contribution in [0.15, 0.2) is 12.1 Å². The van der Waals surface area contributed by atoms with Crippen molar-refractivity contribution in [2.24, 2.45) is 5.73 Å². The van der Waals surface area contributed by atoms with Crippen LogP contribution in [0.5, 0.6) is 0 Å². The van der Waals surface area contributed by atoms with Crippen molar-refractivity contribution >= 4 is 24.0 Å². The predicted octanol–water partition coefficient (Wildman–Crippen LogP) is 3.59. The van der Waals surface area contributed by atoms with Gasteiger partial charge in [-0.05, 0) is 18.6 Å². The Morgan fingerprint density at radius 1 is 1.39 bits per heavy atom. The van der Waals surface area contributed by atoms with Crippen LogP contribution in [0, 0.1) is 11.6 Å². The number of benzene rings is 1. The highest BCUT2D eigenvalue weighted by Crippen LogP contribution is 2.28. The number of rotatable bonds is 5. The summed E-state index contributed by atoms with van der Waals surface area (Å²) in [4.78, 5) is 0. The molecular weight excluding hydrogens is 283 g/mol. The topological polar surface area (TPSA) is 46.2 Å². The molecule has 2 nitrogen and oxygen atoms in total. The molecule has 0 heterocycles. The van der Waals surface area contributed by atoms with Crippen LogP contribution >= 0.6 is 24.0 Å². The lowest BCUT2D eigenvalue weighted by atomic mass is 9.97. The summed E-state index contributed by atoms with van der Waals surface area (Å²) in [5.74, 6) is -1.68. The third kappa shape index (κ3) is 4.05. The standard InChI is InChI=1S/C12H16ClF2NO.ClH/c1-2-3-4-9(17)12(16)10-8(14)6-5-7(13)11(10)15;/h5-6,9,12,17H,2-4,16H2,1H3;1H/t9-,12-;/m0./s1. The molecule has 104 valence electrons. The summed E-state index contributed by atoms with van der Waals surface area (Å²) in [6.45, 7) is 1.96. The Labute approximate surface area is 117 Å². The molecule has 0 bridgehead atoms. The fourth-order valence-electron chi connectivity index (χ4n) is 1.63. The number of aliphatic hydroxyl groups is 1. The Bertz CT molecular complexity index is 391. The number of halogens is 4. The molecule has 3 N–H and O–H groups in total. The number of nitrogens with two attached hydrogens (primary N) is 1. The van der Waals surface area contributed by atoms with Gasteiger partial charge in [0.1, 0.15) is 11.6 Å². The normalized spacial score (nSPS) is 13.9. The first-order chi connectivity index (χ1) is 7.99. The van der Waals surface area contributed by atoms with Crippen LogP contribution in [0.2, 0.25) is 5.02 Å². The minimum atomic E-state index is -1.10. The molecule has 0 aliphatic carbocycles. The van der Waals surface area contributed by atoms with Crippen molar-refractivity contribution in [3.63, 3.8) is 0 Å². The van der Waals surface area contributed by atoms with Gasteiger partial charge in [0.15, 0.2) is 0 Å². The van der Waals surface area contributed by atoms with Crippen molar-refractivity contribution in [1.29, 1.82) is 0 Å². The summed E-state index contributed by atoms with van der Waals surface area (Å²) >= 11 is 5.56. The van der Waals surface area contributed by atoms with Crippen molar-refractivity contribution in [1.82, 2.24) is 0 Å². The predicted molar refractivity (Wildman–Crippen MR) is 71.1 cm³/mol. The quantitative estimate of drug-likeness (QED) is 0.816. The molecule has 0 saturated carbocycles. The van der Waals surface area contributed by atoms with Crippen LogP contribution in [0.25, 0.3) is 0 Å². The Kier molecular flexibility index (Phi) is 7.71. The summed E-state index contributed by atoms with van der Waals surface area (Å²) in [7, 11) is 0. The highest BCUT2D eigenvalue weighted by molar-refractivity contribution is 6.30. The van der Waals surface area contributed by atoms with Gasteiger partial charge in [-0.25, -0.2) is 8.78 Å². The first-order valence-corrected chi connectivity index (χ1v) is 5.93. The van der Waals surface area contributed by atoms with E-state index in [4.69, 9.17) is 17.3 Å². The molecule has 0 fully saturated rings. The van der Waals surface area contributed by atoms with Gasteiger partial charge in [0.05, 0.1) is 17.2 Å². The molecule has 0 radical (unpaired) electrons. The first kappa shape index (κ1) is 17.6. The fourth-order valence-corrected chi connectivity index (χ4v) is 1.80. The minimum absolute atomic E-state index is 0. The van der Waals surface area contributed by atoms with Gasteiger partial charge in [-0.2, -0.15) is 0 Å². The largest absolute Gasteiger partial charge is 0.391 e. The van der Waals surface area contributed by atoms with E-state index >= 15 is 0 Å². The third-order valence-corrected chi connectivity index (χ3v) is 2.97. The summed E-state index contributed by atoms with van der Waals surface area (Å²) in [6, 6.07) is 1.08. The van der Waals surface area contributed by atoms with Crippen LogP contribution in [0.3, 0.4) is 0 Å². The summed E-state index contributed by atoms with van der Waals surface area (Å²) in [5.41, 5.74) is 5.32. The molecule has 0 aliphatic heterocycles. The highest BCUT2D eigenvalue weighted by atomic mass is 35.5. The Balaban J connectivity index is 0.00000289. The van der Waals surface area contributed by atoms with Crippen molar-refractivity contribution < 1.29 is 13.9 Å². The maximum atomic E-state index is 13.6. The molecule has 1 aromatic carbocycles. The van der Waals surface area contributed by atoms with Crippen LogP contribution in [-0.2, 0) is 0 Å². The third-order valence-electron chi connectivity index (χ3n) is 2.68. The molecule has 0 aliphatic rings. The molecule has 0 aromatic heterocycles. The summed E-state index contributed by atoms with van der Waals surface area (Å²) in [5, 5.41) is 9.55. The lowest BCUT2D eigenvalue weighted by Gasteiger charge is -2.20. The number of hydrogen-bond acceptors (Lipinski definition) is 2. The van der Waals surface area contributed by atoms with Gasteiger partial charge in [-0.3, -0.25) is 0 Å². The van der Waals surface area contributed by atoms with Crippen LogP contribution in [0.1, 0.15) is 37.8 Å². The van der Waals surface area contributed by atoms with E-state index in [1.54, 1.807) is 0 Å².